The minimum atomic E-state index is -0.189. The van der Waals surface area contributed by atoms with Crippen LogP contribution in [-0.2, 0) is 4.74 Å². The Hall–Kier alpha value is -0.580. The van der Waals surface area contributed by atoms with Gasteiger partial charge in [0.1, 0.15) is 0 Å². The van der Waals surface area contributed by atoms with E-state index in [9.17, 15) is 4.79 Å². The molecule has 0 unspecified atom stereocenters. The molecule has 0 saturated heterocycles. The summed E-state index contributed by atoms with van der Waals surface area (Å²) in [7, 11) is 0. The lowest BCUT2D eigenvalue weighted by atomic mass is 10.0. The van der Waals surface area contributed by atoms with Crippen LogP contribution in [0, 0.1) is 3.57 Å². The number of hydrogen-bond donors (Lipinski definition) is 0. The third-order valence-electron chi connectivity index (χ3n) is 5.32. The van der Waals surface area contributed by atoms with Crippen LogP contribution in [0.15, 0.2) is 24.3 Å². The molecular weight excluding hydrogens is 459 g/mol. The average molecular weight is 501 g/mol. The highest BCUT2D eigenvalue weighted by molar-refractivity contribution is 14.1. The van der Waals surface area contributed by atoms with Crippen molar-refractivity contribution in [2.45, 2.75) is 110 Å². The minimum absolute atomic E-state index is 0.189. The molecular formula is C25H41IO2. The zero-order valence-electron chi connectivity index (χ0n) is 18.0. The summed E-state index contributed by atoms with van der Waals surface area (Å²) < 4.78 is 6.34. The van der Waals surface area contributed by atoms with E-state index in [1.165, 1.54) is 89.9 Å². The Bertz CT molecular complexity index is 501. The zero-order chi connectivity index (χ0) is 20.3. The molecule has 0 radical (unpaired) electrons. The van der Waals surface area contributed by atoms with Gasteiger partial charge < -0.3 is 4.74 Å². The van der Waals surface area contributed by atoms with Crippen LogP contribution in [0.4, 0.5) is 0 Å². The molecule has 0 spiro atoms. The van der Waals surface area contributed by atoms with Crippen molar-refractivity contribution in [2.75, 3.05) is 6.61 Å². The Morgan fingerprint density at radius 1 is 0.714 bits per heavy atom. The van der Waals surface area contributed by atoms with Crippen LogP contribution in [0.25, 0.3) is 0 Å². The van der Waals surface area contributed by atoms with Gasteiger partial charge in [-0.2, -0.15) is 0 Å². The van der Waals surface area contributed by atoms with E-state index in [2.05, 4.69) is 29.5 Å². The van der Waals surface area contributed by atoms with Gasteiger partial charge in [0.15, 0.2) is 0 Å². The molecule has 160 valence electrons. The van der Waals surface area contributed by atoms with Gasteiger partial charge >= 0.3 is 5.97 Å². The lowest BCUT2D eigenvalue weighted by Gasteiger charge is -2.06. The summed E-state index contributed by atoms with van der Waals surface area (Å²) in [6.45, 7) is 2.83. The van der Waals surface area contributed by atoms with E-state index >= 15 is 0 Å². The van der Waals surface area contributed by atoms with Crippen LogP contribution in [0.5, 0.6) is 0 Å². The van der Waals surface area contributed by atoms with Gasteiger partial charge in [0, 0.05) is 3.57 Å². The van der Waals surface area contributed by atoms with Crippen molar-refractivity contribution >= 4 is 28.6 Å². The number of rotatable bonds is 18. The van der Waals surface area contributed by atoms with Crippen LogP contribution >= 0.6 is 22.6 Å². The Kier molecular flexibility index (Phi) is 16.8. The Morgan fingerprint density at radius 3 is 1.61 bits per heavy atom. The van der Waals surface area contributed by atoms with E-state index in [-0.39, 0.29) is 5.97 Å². The highest BCUT2D eigenvalue weighted by Gasteiger charge is 2.09. The fraction of sp³-hybridized carbons (Fsp3) is 0.720. The molecule has 0 aliphatic heterocycles. The Balaban J connectivity index is 1.80. The minimum Gasteiger partial charge on any atom is -0.462 e. The first-order valence-electron chi connectivity index (χ1n) is 11.7. The van der Waals surface area contributed by atoms with E-state index in [4.69, 9.17) is 4.74 Å². The summed E-state index contributed by atoms with van der Waals surface area (Å²) in [6.07, 6.45) is 21.7. The number of carbonyl (C=O) groups is 1. The standard InChI is InChI=1S/C25H41IO2/c1-2-3-4-5-6-7-8-9-10-11-12-13-14-15-16-19-22-28-25(27)23-20-17-18-21-24(23)26/h17-18,20-21H,2-16,19,22H2,1H3. The Morgan fingerprint density at radius 2 is 1.14 bits per heavy atom. The fourth-order valence-electron chi connectivity index (χ4n) is 3.52. The number of carbonyl (C=O) groups excluding carboxylic acids is 1. The number of halogens is 1. The maximum Gasteiger partial charge on any atom is 0.339 e. The van der Waals surface area contributed by atoms with Crippen molar-refractivity contribution in [1.29, 1.82) is 0 Å². The summed E-state index contributed by atoms with van der Waals surface area (Å²) >= 11 is 2.18. The van der Waals surface area contributed by atoms with Gasteiger partial charge in [-0.15, -0.1) is 0 Å². The highest BCUT2D eigenvalue weighted by atomic mass is 127. The van der Waals surface area contributed by atoms with Crippen molar-refractivity contribution < 1.29 is 9.53 Å². The van der Waals surface area contributed by atoms with E-state index in [0.29, 0.717) is 12.2 Å². The van der Waals surface area contributed by atoms with Gasteiger partial charge in [0.2, 0.25) is 0 Å². The average Bonchev–Trinajstić information content (AvgIpc) is 2.70. The summed E-state index contributed by atoms with van der Waals surface area (Å²) in [4.78, 5) is 12.0. The molecule has 1 aromatic rings. The molecule has 0 saturated carbocycles. The van der Waals surface area contributed by atoms with E-state index < -0.39 is 0 Å². The number of benzene rings is 1. The molecule has 0 atom stereocenters. The van der Waals surface area contributed by atoms with Crippen molar-refractivity contribution in [3.8, 4) is 0 Å². The second-order valence-corrected chi connectivity index (χ2v) is 9.08. The van der Waals surface area contributed by atoms with Crippen molar-refractivity contribution in [1.82, 2.24) is 0 Å². The third kappa shape index (κ3) is 13.6. The van der Waals surface area contributed by atoms with Crippen molar-refractivity contribution in [2.24, 2.45) is 0 Å². The van der Waals surface area contributed by atoms with Gasteiger partial charge in [-0.3, -0.25) is 0 Å². The second kappa shape index (κ2) is 18.4. The lowest BCUT2D eigenvalue weighted by Crippen LogP contribution is -2.08. The lowest BCUT2D eigenvalue weighted by molar-refractivity contribution is 0.0496. The summed E-state index contributed by atoms with van der Waals surface area (Å²) in [5.41, 5.74) is 0.680. The largest absolute Gasteiger partial charge is 0.462 e. The molecule has 1 aromatic carbocycles. The second-order valence-electron chi connectivity index (χ2n) is 7.92. The summed E-state index contributed by atoms with van der Waals surface area (Å²) in [6, 6.07) is 7.59. The first-order valence-corrected chi connectivity index (χ1v) is 12.7. The maximum absolute atomic E-state index is 12.0. The topological polar surface area (TPSA) is 26.3 Å². The maximum atomic E-state index is 12.0. The van der Waals surface area contributed by atoms with Gasteiger partial charge in [0.25, 0.3) is 0 Å². The van der Waals surface area contributed by atoms with Gasteiger partial charge in [-0.25, -0.2) is 4.79 Å². The molecule has 3 heteroatoms. The predicted octanol–water partition coefficient (Wildman–Crippen LogP) is 8.71. The van der Waals surface area contributed by atoms with Crippen LogP contribution in [0.1, 0.15) is 120 Å². The Labute approximate surface area is 187 Å². The molecule has 0 bridgehead atoms. The summed E-state index contributed by atoms with van der Waals surface area (Å²) in [5, 5.41) is 0. The van der Waals surface area contributed by atoms with Crippen LogP contribution in [-0.4, -0.2) is 12.6 Å². The number of esters is 1. The molecule has 0 aliphatic carbocycles. The number of unbranched alkanes of at least 4 members (excludes halogenated alkanes) is 15. The van der Waals surface area contributed by atoms with E-state index in [1.54, 1.807) is 0 Å². The fourth-order valence-corrected chi connectivity index (χ4v) is 4.13. The number of ether oxygens (including phenoxy) is 1. The first kappa shape index (κ1) is 25.5. The van der Waals surface area contributed by atoms with Crippen molar-refractivity contribution in [3.63, 3.8) is 0 Å². The van der Waals surface area contributed by atoms with E-state index in [0.717, 1.165) is 16.4 Å². The summed E-state index contributed by atoms with van der Waals surface area (Å²) in [5.74, 6) is -0.189. The molecule has 28 heavy (non-hydrogen) atoms. The number of hydrogen-bond acceptors (Lipinski definition) is 2. The molecule has 0 aliphatic rings. The molecule has 1 rings (SSSR count). The molecule has 0 aromatic heterocycles. The highest BCUT2D eigenvalue weighted by Crippen LogP contribution is 2.15. The smallest absolute Gasteiger partial charge is 0.339 e. The molecule has 2 nitrogen and oxygen atoms in total. The van der Waals surface area contributed by atoms with Crippen LogP contribution in [0.3, 0.4) is 0 Å². The molecule has 0 heterocycles. The van der Waals surface area contributed by atoms with Crippen LogP contribution < -0.4 is 0 Å². The van der Waals surface area contributed by atoms with Gasteiger partial charge in [-0.1, -0.05) is 115 Å². The van der Waals surface area contributed by atoms with Crippen LogP contribution in [0.2, 0.25) is 0 Å². The third-order valence-corrected chi connectivity index (χ3v) is 6.27. The van der Waals surface area contributed by atoms with Gasteiger partial charge in [0.05, 0.1) is 12.2 Å². The van der Waals surface area contributed by atoms with Crippen molar-refractivity contribution in [3.05, 3.63) is 33.4 Å². The predicted molar refractivity (Wildman–Crippen MR) is 129 cm³/mol. The van der Waals surface area contributed by atoms with Gasteiger partial charge in [-0.05, 0) is 41.1 Å². The normalized spacial score (nSPS) is 10.9. The molecule has 0 fully saturated rings. The SMILES string of the molecule is CCCCCCCCCCCCCCCCCCOC(=O)c1ccccc1I. The zero-order valence-corrected chi connectivity index (χ0v) is 20.2. The molecule has 0 amide bonds. The monoisotopic (exact) mass is 500 g/mol. The first-order chi connectivity index (χ1) is 13.8. The molecule has 0 N–H and O–H groups in total. The quantitative estimate of drug-likeness (QED) is 0.114. The van der Waals surface area contributed by atoms with E-state index in [1.807, 2.05) is 24.3 Å².